The first kappa shape index (κ1) is 20.9. The number of hydrogen-bond donors (Lipinski definition) is 1. The van der Waals surface area contributed by atoms with Crippen LogP contribution >= 0.6 is 0 Å². The highest BCUT2D eigenvalue weighted by Crippen LogP contribution is 2.32. The molecule has 1 aromatic heterocycles. The maximum absolute atomic E-state index is 12.8. The fourth-order valence-electron chi connectivity index (χ4n) is 4.70. The molecular formula is C24H26N4O3S. The lowest BCUT2D eigenvalue weighted by Crippen LogP contribution is -2.50. The van der Waals surface area contributed by atoms with Gasteiger partial charge in [0.25, 0.3) is 5.91 Å². The summed E-state index contributed by atoms with van der Waals surface area (Å²) in [6, 6.07) is 15.7. The maximum Gasteiger partial charge on any atom is 0.251 e. The van der Waals surface area contributed by atoms with E-state index in [0.29, 0.717) is 31.7 Å². The largest absolute Gasteiger partial charge is 0.354 e. The Morgan fingerprint density at radius 3 is 2.47 bits per heavy atom. The first-order chi connectivity index (χ1) is 15.5. The fraction of sp³-hybridized carbons (Fsp3) is 0.333. The molecule has 1 N–H and O–H groups in total. The Kier molecular flexibility index (Phi) is 5.57. The van der Waals surface area contributed by atoms with Crippen LogP contribution in [0.4, 0.5) is 5.82 Å². The van der Waals surface area contributed by atoms with Gasteiger partial charge in [0.05, 0.1) is 5.75 Å². The Hall–Kier alpha value is -2.97. The third-order valence-electron chi connectivity index (χ3n) is 6.37. The predicted molar refractivity (Wildman–Crippen MR) is 125 cm³/mol. The van der Waals surface area contributed by atoms with Crippen molar-refractivity contribution in [3.63, 3.8) is 0 Å². The number of piperazine rings is 1. The molecule has 3 aromatic rings. The number of hydrogen-bond acceptors (Lipinski definition) is 5. The Labute approximate surface area is 188 Å². The minimum absolute atomic E-state index is 0.0879. The van der Waals surface area contributed by atoms with E-state index in [0.717, 1.165) is 24.0 Å². The van der Waals surface area contributed by atoms with Gasteiger partial charge in [0, 0.05) is 44.5 Å². The topological polar surface area (TPSA) is 82.6 Å². The van der Waals surface area contributed by atoms with E-state index in [4.69, 9.17) is 0 Å². The molecule has 1 saturated heterocycles. The van der Waals surface area contributed by atoms with Gasteiger partial charge in [0.15, 0.2) is 0 Å². The number of aromatic nitrogens is 1. The molecule has 2 aromatic carbocycles. The highest BCUT2D eigenvalue weighted by Gasteiger charge is 2.27. The molecular weight excluding hydrogens is 424 g/mol. The van der Waals surface area contributed by atoms with Crippen molar-refractivity contribution in [1.82, 2.24) is 14.6 Å². The normalized spacial score (nSPS) is 16.4. The van der Waals surface area contributed by atoms with Crippen LogP contribution in [0.15, 0.2) is 54.7 Å². The molecule has 0 spiro atoms. The second kappa shape index (κ2) is 8.52. The molecule has 166 valence electrons. The van der Waals surface area contributed by atoms with Crippen LogP contribution in [0.25, 0.3) is 10.8 Å². The number of carbonyl (C=O) groups is 1. The van der Waals surface area contributed by atoms with Gasteiger partial charge in [0.1, 0.15) is 5.82 Å². The lowest BCUT2D eigenvalue weighted by atomic mass is 9.99. The summed E-state index contributed by atoms with van der Waals surface area (Å²) in [6.07, 6.45) is 3.75. The van der Waals surface area contributed by atoms with E-state index in [1.165, 1.54) is 20.8 Å². The van der Waals surface area contributed by atoms with E-state index in [2.05, 4.69) is 21.3 Å². The van der Waals surface area contributed by atoms with Gasteiger partial charge >= 0.3 is 0 Å². The number of pyridine rings is 1. The van der Waals surface area contributed by atoms with Crippen molar-refractivity contribution < 1.29 is 13.2 Å². The number of rotatable bonds is 6. The van der Waals surface area contributed by atoms with E-state index in [-0.39, 0.29) is 18.2 Å². The second-order valence-corrected chi connectivity index (χ2v) is 10.3. The molecule has 0 unspecified atom stereocenters. The predicted octanol–water partition coefficient (Wildman–Crippen LogP) is 2.22. The van der Waals surface area contributed by atoms with Gasteiger partial charge < -0.3 is 10.2 Å². The Bertz CT molecular complexity index is 1240. The van der Waals surface area contributed by atoms with Crippen molar-refractivity contribution in [1.29, 1.82) is 0 Å². The van der Waals surface area contributed by atoms with Gasteiger partial charge in [-0.25, -0.2) is 13.4 Å². The van der Waals surface area contributed by atoms with Crippen LogP contribution in [0, 0.1) is 0 Å². The third kappa shape index (κ3) is 3.96. The zero-order valence-corrected chi connectivity index (χ0v) is 18.6. The van der Waals surface area contributed by atoms with Gasteiger partial charge in [-0.1, -0.05) is 30.3 Å². The molecule has 1 aliphatic carbocycles. The van der Waals surface area contributed by atoms with E-state index in [1.54, 1.807) is 6.20 Å². The van der Waals surface area contributed by atoms with Crippen LogP contribution in [0.3, 0.4) is 0 Å². The molecule has 1 fully saturated rings. The van der Waals surface area contributed by atoms with E-state index in [9.17, 15) is 13.2 Å². The highest BCUT2D eigenvalue weighted by molar-refractivity contribution is 7.89. The van der Waals surface area contributed by atoms with Gasteiger partial charge in [-0.3, -0.25) is 4.79 Å². The fourth-order valence-corrected chi connectivity index (χ4v) is 6.04. The molecule has 1 aliphatic heterocycles. The van der Waals surface area contributed by atoms with Crippen molar-refractivity contribution in [2.45, 2.75) is 12.8 Å². The smallest absolute Gasteiger partial charge is 0.251 e. The van der Waals surface area contributed by atoms with Crippen molar-refractivity contribution in [2.24, 2.45) is 0 Å². The van der Waals surface area contributed by atoms with Crippen LogP contribution in [0.2, 0.25) is 0 Å². The molecule has 1 amide bonds. The van der Waals surface area contributed by atoms with E-state index >= 15 is 0 Å². The van der Waals surface area contributed by atoms with Gasteiger partial charge in [-0.05, 0) is 52.9 Å². The summed E-state index contributed by atoms with van der Waals surface area (Å²) in [6.45, 7) is 2.13. The summed E-state index contributed by atoms with van der Waals surface area (Å²) < 4.78 is 27.1. The summed E-state index contributed by atoms with van der Waals surface area (Å²) in [5, 5.41) is 4.94. The zero-order valence-electron chi connectivity index (χ0n) is 17.8. The number of anilines is 1. The first-order valence-electron chi connectivity index (χ1n) is 11.0. The number of aryl methyl sites for hydroxylation is 2. The number of nitrogens with one attached hydrogen (secondary N) is 1. The summed E-state index contributed by atoms with van der Waals surface area (Å²) in [4.78, 5) is 19.3. The van der Waals surface area contributed by atoms with Gasteiger partial charge in [-0.15, -0.1) is 0 Å². The van der Waals surface area contributed by atoms with Gasteiger partial charge in [-0.2, -0.15) is 4.31 Å². The third-order valence-corrected chi connectivity index (χ3v) is 8.24. The molecule has 0 bridgehead atoms. The minimum Gasteiger partial charge on any atom is -0.354 e. The summed E-state index contributed by atoms with van der Waals surface area (Å²) in [5.41, 5.74) is 3.16. The average Bonchev–Trinajstić information content (AvgIpc) is 3.25. The quantitative estimate of drug-likeness (QED) is 0.623. The van der Waals surface area contributed by atoms with Crippen LogP contribution in [0.1, 0.15) is 21.5 Å². The Balaban J connectivity index is 1.19. The molecule has 0 saturated carbocycles. The Morgan fingerprint density at radius 2 is 1.72 bits per heavy atom. The first-order valence-corrected chi connectivity index (χ1v) is 12.6. The molecule has 2 aliphatic rings. The summed E-state index contributed by atoms with van der Waals surface area (Å²) >= 11 is 0. The molecule has 2 heterocycles. The van der Waals surface area contributed by atoms with Crippen molar-refractivity contribution in [3.8, 4) is 0 Å². The van der Waals surface area contributed by atoms with Crippen molar-refractivity contribution in [3.05, 3.63) is 71.4 Å². The monoisotopic (exact) mass is 450 g/mol. The summed E-state index contributed by atoms with van der Waals surface area (Å²) in [5.74, 6) is 0.529. The second-order valence-electron chi connectivity index (χ2n) is 8.26. The number of benzene rings is 2. The molecule has 0 atom stereocenters. The van der Waals surface area contributed by atoms with Crippen molar-refractivity contribution >= 4 is 32.5 Å². The summed E-state index contributed by atoms with van der Waals surface area (Å²) in [7, 11) is -3.44. The Morgan fingerprint density at radius 1 is 0.938 bits per heavy atom. The van der Waals surface area contributed by atoms with Crippen molar-refractivity contribution in [2.75, 3.05) is 43.4 Å². The van der Waals surface area contributed by atoms with E-state index < -0.39 is 10.0 Å². The lowest BCUT2D eigenvalue weighted by Gasteiger charge is -2.34. The van der Waals surface area contributed by atoms with Crippen LogP contribution < -0.4 is 10.2 Å². The standard InChI is InChI=1S/C24H26N4O3S/c29-24(21-10-9-19-8-7-18-4-3-5-20(21)23(18)19)26-12-17-32(30,31)28-15-13-27(14-16-28)22-6-1-2-11-25-22/h1-6,9-11H,7-8,12-17H2,(H,26,29). The molecule has 32 heavy (non-hydrogen) atoms. The maximum atomic E-state index is 12.8. The average molecular weight is 451 g/mol. The number of nitrogens with zero attached hydrogens (tertiary/aromatic N) is 3. The molecule has 5 rings (SSSR count). The number of carbonyl (C=O) groups excluding carboxylic acids is 1. The lowest BCUT2D eigenvalue weighted by molar-refractivity contribution is 0.0957. The van der Waals surface area contributed by atoms with Gasteiger partial charge in [0.2, 0.25) is 10.0 Å². The number of amides is 1. The van der Waals surface area contributed by atoms with E-state index in [1.807, 2.05) is 42.5 Å². The van der Waals surface area contributed by atoms with Crippen LogP contribution in [0.5, 0.6) is 0 Å². The minimum atomic E-state index is -3.44. The molecule has 0 radical (unpaired) electrons. The molecule has 8 heteroatoms. The van der Waals surface area contributed by atoms with Crippen LogP contribution in [-0.2, 0) is 22.9 Å². The SMILES string of the molecule is O=C(NCCS(=O)(=O)N1CCN(c2ccccn2)CC1)c1ccc2c3c(cccc13)CC2. The zero-order chi connectivity index (χ0) is 22.1. The number of sulfonamides is 1. The highest BCUT2D eigenvalue weighted by atomic mass is 32.2. The van der Waals surface area contributed by atoms with Crippen LogP contribution in [-0.4, -0.2) is 62.1 Å². The molecule has 7 nitrogen and oxygen atoms in total.